The van der Waals surface area contributed by atoms with Gasteiger partial charge in [0.05, 0.1) is 6.04 Å². The molecule has 100 valence electrons. The van der Waals surface area contributed by atoms with Crippen LogP contribution in [0.2, 0.25) is 0 Å². The van der Waals surface area contributed by atoms with Crippen molar-refractivity contribution in [2.24, 2.45) is 5.73 Å². The molecule has 0 aliphatic rings. The number of thiazole rings is 1. The molecule has 0 spiro atoms. The van der Waals surface area contributed by atoms with Gasteiger partial charge in [0.15, 0.2) is 0 Å². The largest absolute Gasteiger partial charge is 0.322 e. The lowest BCUT2D eigenvalue weighted by Gasteiger charge is -2.04. The zero-order valence-corrected chi connectivity index (χ0v) is 12.3. The van der Waals surface area contributed by atoms with Crippen molar-refractivity contribution < 1.29 is 4.79 Å². The minimum absolute atomic E-state index is 0.146. The molecular weight excluding hydrogens is 278 g/mol. The van der Waals surface area contributed by atoms with E-state index >= 15 is 0 Å². The molecule has 0 saturated carbocycles. The summed E-state index contributed by atoms with van der Waals surface area (Å²) < 4.78 is 0. The Morgan fingerprint density at radius 1 is 1.42 bits per heavy atom. The average Bonchev–Trinajstić information content (AvgIpc) is 2.89. The first kappa shape index (κ1) is 14.0. The molecule has 1 aromatic heterocycles. The SMILES string of the molecule is CSc1ccc(NC(=O)c2csc(C(C)N)n2)cc1. The van der Waals surface area contributed by atoms with Gasteiger partial charge in [0.2, 0.25) is 0 Å². The predicted molar refractivity (Wildman–Crippen MR) is 80.9 cm³/mol. The first-order valence-electron chi connectivity index (χ1n) is 5.76. The van der Waals surface area contributed by atoms with E-state index in [0.29, 0.717) is 5.69 Å². The molecule has 3 N–H and O–H groups in total. The molecule has 6 heteroatoms. The van der Waals surface area contributed by atoms with Gasteiger partial charge in [-0.05, 0) is 37.4 Å². The maximum atomic E-state index is 12.0. The predicted octanol–water partition coefficient (Wildman–Crippen LogP) is 3.14. The number of carbonyl (C=O) groups is 1. The van der Waals surface area contributed by atoms with Crippen LogP contribution in [0.4, 0.5) is 5.69 Å². The zero-order chi connectivity index (χ0) is 13.8. The van der Waals surface area contributed by atoms with E-state index in [4.69, 9.17) is 5.73 Å². The highest BCUT2D eigenvalue weighted by molar-refractivity contribution is 7.98. The highest BCUT2D eigenvalue weighted by atomic mass is 32.2. The summed E-state index contributed by atoms with van der Waals surface area (Å²) in [5.74, 6) is -0.208. The molecule has 4 nitrogen and oxygen atoms in total. The van der Waals surface area contributed by atoms with E-state index in [1.54, 1.807) is 17.1 Å². The number of thioether (sulfide) groups is 1. The molecular formula is C13H15N3OS2. The van der Waals surface area contributed by atoms with Gasteiger partial charge in [-0.1, -0.05) is 0 Å². The van der Waals surface area contributed by atoms with Crippen LogP contribution in [0.5, 0.6) is 0 Å². The van der Waals surface area contributed by atoms with Crippen LogP contribution in [0, 0.1) is 0 Å². The number of nitrogens with one attached hydrogen (secondary N) is 1. The van der Waals surface area contributed by atoms with Crippen molar-refractivity contribution in [2.45, 2.75) is 17.9 Å². The van der Waals surface area contributed by atoms with Crippen LogP contribution in [0.1, 0.15) is 28.5 Å². The second kappa shape index (κ2) is 6.18. The van der Waals surface area contributed by atoms with E-state index in [9.17, 15) is 4.79 Å². The van der Waals surface area contributed by atoms with Gasteiger partial charge in [-0.25, -0.2) is 4.98 Å². The van der Waals surface area contributed by atoms with E-state index in [1.165, 1.54) is 11.3 Å². The molecule has 0 radical (unpaired) electrons. The van der Waals surface area contributed by atoms with Crippen molar-refractivity contribution in [3.8, 4) is 0 Å². The van der Waals surface area contributed by atoms with Crippen molar-refractivity contribution >= 4 is 34.7 Å². The summed E-state index contributed by atoms with van der Waals surface area (Å²) in [6.45, 7) is 1.85. The van der Waals surface area contributed by atoms with Gasteiger partial charge in [0, 0.05) is 16.0 Å². The smallest absolute Gasteiger partial charge is 0.275 e. The maximum absolute atomic E-state index is 12.0. The third kappa shape index (κ3) is 3.56. The van der Waals surface area contributed by atoms with Gasteiger partial charge >= 0.3 is 0 Å². The number of aromatic nitrogens is 1. The Balaban J connectivity index is 2.06. The van der Waals surface area contributed by atoms with Crippen molar-refractivity contribution in [2.75, 3.05) is 11.6 Å². The third-order valence-electron chi connectivity index (χ3n) is 2.49. The topological polar surface area (TPSA) is 68.0 Å². The number of rotatable bonds is 4. The van der Waals surface area contributed by atoms with Gasteiger partial charge in [-0.2, -0.15) is 0 Å². The lowest BCUT2D eigenvalue weighted by atomic mass is 10.3. The molecule has 1 aromatic carbocycles. The quantitative estimate of drug-likeness (QED) is 0.850. The minimum atomic E-state index is -0.208. The Morgan fingerprint density at radius 2 is 2.11 bits per heavy atom. The Hall–Kier alpha value is -1.37. The molecule has 1 atom stereocenters. The number of hydrogen-bond acceptors (Lipinski definition) is 5. The maximum Gasteiger partial charge on any atom is 0.275 e. The minimum Gasteiger partial charge on any atom is -0.322 e. The fourth-order valence-corrected chi connectivity index (χ4v) is 2.64. The molecule has 1 amide bonds. The number of benzene rings is 1. The Morgan fingerprint density at radius 3 is 2.63 bits per heavy atom. The summed E-state index contributed by atoms with van der Waals surface area (Å²) in [6.07, 6.45) is 2.01. The molecule has 0 aliphatic carbocycles. The molecule has 0 fully saturated rings. The van der Waals surface area contributed by atoms with Gasteiger partial charge in [-0.3, -0.25) is 4.79 Å². The monoisotopic (exact) mass is 293 g/mol. The van der Waals surface area contributed by atoms with Gasteiger partial charge in [-0.15, -0.1) is 23.1 Å². The fourth-order valence-electron chi connectivity index (χ4n) is 1.47. The van der Waals surface area contributed by atoms with Gasteiger partial charge in [0.25, 0.3) is 5.91 Å². The van der Waals surface area contributed by atoms with E-state index in [-0.39, 0.29) is 11.9 Å². The second-order valence-corrected chi connectivity index (χ2v) is 5.81. The summed E-state index contributed by atoms with van der Waals surface area (Å²) in [5.41, 5.74) is 6.90. The van der Waals surface area contributed by atoms with Gasteiger partial charge in [0.1, 0.15) is 10.7 Å². The van der Waals surface area contributed by atoms with E-state index < -0.39 is 0 Å². The van der Waals surface area contributed by atoms with Crippen molar-refractivity contribution in [3.05, 3.63) is 40.3 Å². The Labute approximate surface area is 120 Å². The molecule has 0 bridgehead atoms. The summed E-state index contributed by atoms with van der Waals surface area (Å²) in [7, 11) is 0. The van der Waals surface area contributed by atoms with Crippen LogP contribution >= 0.6 is 23.1 Å². The number of carbonyl (C=O) groups excluding carboxylic acids is 1. The Bertz CT molecular complexity index is 564. The number of nitrogens with zero attached hydrogens (tertiary/aromatic N) is 1. The van der Waals surface area contributed by atoms with Crippen LogP contribution in [0.25, 0.3) is 0 Å². The van der Waals surface area contributed by atoms with Crippen molar-refractivity contribution in [1.82, 2.24) is 4.98 Å². The summed E-state index contributed by atoms with van der Waals surface area (Å²) >= 11 is 3.06. The molecule has 1 heterocycles. The Kier molecular flexibility index (Phi) is 4.57. The van der Waals surface area contributed by atoms with Crippen LogP contribution in [0.3, 0.4) is 0 Å². The zero-order valence-electron chi connectivity index (χ0n) is 10.7. The van der Waals surface area contributed by atoms with Gasteiger partial charge < -0.3 is 11.1 Å². The first-order valence-corrected chi connectivity index (χ1v) is 7.87. The van der Waals surface area contributed by atoms with Crippen molar-refractivity contribution in [1.29, 1.82) is 0 Å². The molecule has 19 heavy (non-hydrogen) atoms. The average molecular weight is 293 g/mol. The molecule has 2 rings (SSSR count). The van der Waals surface area contributed by atoms with Crippen LogP contribution in [-0.2, 0) is 0 Å². The summed E-state index contributed by atoms with van der Waals surface area (Å²) in [6, 6.07) is 7.54. The molecule has 1 unspecified atom stereocenters. The lowest BCUT2D eigenvalue weighted by molar-refractivity contribution is 0.102. The highest BCUT2D eigenvalue weighted by Crippen LogP contribution is 2.19. The number of anilines is 1. The lowest BCUT2D eigenvalue weighted by Crippen LogP contribution is -2.13. The van der Waals surface area contributed by atoms with E-state index in [1.807, 2.05) is 37.4 Å². The summed E-state index contributed by atoms with van der Waals surface area (Å²) in [5, 5.41) is 5.31. The number of nitrogens with two attached hydrogens (primary N) is 1. The number of hydrogen-bond donors (Lipinski definition) is 2. The van der Waals surface area contributed by atoms with E-state index in [2.05, 4.69) is 10.3 Å². The normalized spacial score (nSPS) is 12.2. The van der Waals surface area contributed by atoms with Crippen LogP contribution < -0.4 is 11.1 Å². The van der Waals surface area contributed by atoms with Crippen LogP contribution in [0.15, 0.2) is 34.5 Å². The van der Waals surface area contributed by atoms with Crippen LogP contribution in [-0.4, -0.2) is 17.1 Å². The standard InChI is InChI=1S/C13H15N3OS2/c1-8(14)13-16-11(7-19-13)12(17)15-9-3-5-10(18-2)6-4-9/h3-8H,14H2,1-2H3,(H,15,17). The molecule has 2 aromatic rings. The molecule has 0 saturated heterocycles. The fraction of sp³-hybridized carbons (Fsp3) is 0.231. The number of amides is 1. The summed E-state index contributed by atoms with van der Waals surface area (Å²) in [4.78, 5) is 17.4. The van der Waals surface area contributed by atoms with E-state index in [0.717, 1.165) is 15.6 Å². The second-order valence-electron chi connectivity index (χ2n) is 4.04. The highest BCUT2D eigenvalue weighted by Gasteiger charge is 2.12. The van der Waals surface area contributed by atoms with Crippen molar-refractivity contribution in [3.63, 3.8) is 0 Å². The third-order valence-corrected chi connectivity index (χ3v) is 4.28. The molecule has 0 aliphatic heterocycles. The first-order chi connectivity index (χ1) is 9.10.